The summed E-state index contributed by atoms with van der Waals surface area (Å²) in [5.41, 5.74) is -0.399. The average molecular weight is 337 g/mol. The minimum Gasteiger partial charge on any atom is -0.380 e. The Morgan fingerprint density at radius 3 is 2.08 bits per heavy atom. The molecule has 0 spiro atoms. The van der Waals surface area contributed by atoms with Gasteiger partial charge in [-0.05, 0) is 5.92 Å². The van der Waals surface area contributed by atoms with E-state index < -0.39 is 0 Å². The molecular weight excluding hydrogens is 306 g/mol. The predicted molar refractivity (Wildman–Crippen MR) is 94.4 cm³/mol. The van der Waals surface area contributed by atoms with Crippen LogP contribution in [0, 0.1) is 16.7 Å². The van der Waals surface area contributed by atoms with Crippen LogP contribution in [-0.2, 0) is 19.1 Å². The van der Waals surface area contributed by atoms with Gasteiger partial charge in [-0.1, -0.05) is 40.7 Å². The molecule has 1 unspecified atom stereocenters. The van der Waals surface area contributed by atoms with Crippen molar-refractivity contribution in [3.63, 3.8) is 0 Å². The van der Waals surface area contributed by atoms with Crippen molar-refractivity contribution in [1.29, 1.82) is 0 Å². The monoisotopic (exact) mass is 337 g/mol. The minimum atomic E-state index is -0.300. The number of carbonyl (C=O) groups excluding carboxylic acids is 2. The van der Waals surface area contributed by atoms with E-state index >= 15 is 0 Å². The van der Waals surface area contributed by atoms with Gasteiger partial charge in [-0.3, -0.25) is 14.5 Å². The molecule has 0 bridgehead atoms. The predicted octanol–water partition coefficient (Wildman–Crippen LogP) is 2.82. The second-order valence-electron chi connectivity index (χ2n) is 8.15. The van der Waals surface area contributed by atoms with Crippen LogP contribution < -0.4 is 0 Å². The molecule has 1 aliphatic heterocycles. The summed E-state index contributed by atoms with van der Waals surface area (Å²) in [5.74, 6) is -0.166. The van der Waals surface area contributed by atoms with Crippen LogP contribution in [0.25, 0.3) is 0 Å². The van der Waals surface area contributed by atoms with E-state index in [1.54, 1.807) is 0 Å². The van der Waals surface area contributed by atoms with Gasteiger partial charge in [0.2, 0.25) is 0 Å². The zero-order valence-corrected chi connectivity index (χ0v) is 15.6. The number of hydrogen-bond acceptors (Lipinski definition) is 4. The van der Waals surface area contributed by atoms with E-state index in [-0.39, 0.29) is 22.6 Å². The molecule has 0 saturated carbocycles. The maximum atomic E-state index is 11.6. The van der Waals surface area contributed by atoms with Crippen molar-refractivity contribution < 1.29 is 19.1 Å². The fourth-order valence-corrected chi connectivity index (χ4v) is 2.30. The molecule has 0 aromatic carbocycles. The second-order valence-corrected chi connectivity index (χ2v) is 8.15. The van der Waals surface area contributed by atoms with Crippen LogP contribution in [-0.4, -0.2) is 49.7 Å². The Kier molecular flexibility index (Phi) is 7.36. The summed E-state index contributed by atoms with van der Waals surface area (Å²) in [6.07, 6.45) is 4.50. The number of ether oxygens (including phenoxy) is 2. The molecule has 136 valence electrons. The molecule has 0 aliphatic carbocycles. The van der Waals surface area contributed by atoms with Crippen LogP contribution in [0.15, 0.2) is 24.8 Å². The Morgan fingerprint density at radius 2 is 1.54 bits per heavy atom. The third-order valence-electron chi connectivity index (χ3n) is 3.75. The lowest BCUT2D eigenvalue weighted by Crippen LogP contribution is -2.41. The Hall–Kier alpha value is -1.46. The smallest absolute Gasteiger partial charge is 0.253 e. The van der Waals surface area contributed by atoms with Crippen molar-refractivity contribution in [2.75, 3.05) is 33.0 Å². The summed E-state index contributed by atoms with van der Waals surface area (Å²) >= 11 is 0. The van der Waals surface area contributed by atoms with Gasteiger partial charge in [0.15, 0.2) is 0 Å². The number of nitrogens with zero attached hydrogens (tertiary/aromatic N) is 1. The standard InChI is InChI=1S/C19H31NO4/c1-7-15(2)10-23-13-19(5,6)14-24-12-18(3,4)11-20-16(21)8-9-17(20)22/h7-9,15H,1,10-14H2,2-6H3. The van der Waals surface area contributed by atoms with Crippen molar-refractivity contribution >= 4 is 11.8 Å². The van der Waals surface area contributed by atoms with Crippen LogP contribution in [0.3, 0.4) is 0 Å². The molecule has 0 aromatic rings. The maximum Gasteiger partial charge on any atom is 0.253 e. The van der Waals surface area contributed by atoms with Crippen molar-refractivity contribution in [2.45, 2.75) is 34.6 Å². The summed E-state index contributed by atoms with van der Waals surface area (Å²) in [6.45, 7) is 16.6. The van der Waals surface area contributed by atoms with E-state index in [1.165, 1.54) is 17.1 Å². The summed E-state index contributed by atoms with van der Waals surface area (Å²) in [5, 5.41) is 0. The number of hydrogen-bond donors (Lipinski definition) is 0. The molecular formula is C19H31NO4. The first-order valence-electron chi connectivity index (χ1n) is 8.38. The van der Waals surface area contributed by atoms with E-state index in [0.29, 0.717) is 38.9 Å². The van der Waals surface area contributed by atoms with Gasteiger partial charge in [0.05, 0.1) is 26.4 Å². The quantitative estimate of drug-likeness (QED) is 0.430. The number of rotatable bonds is 11. The Morgan fingerprint density at radius 1 is 1.04 bits per heavy atom. The highest BCUT2D eigenvalue weighted by atomic mass is 16.5. The molecule has 0 saturated heterocycles. The molecule has 24 heavy (non-hydrogen) atoms. The normalized spacial score (nSPS) is 16.8. The fraction of sp³-hybridized carbons (Fsp3) is 0.684. The van der Waals surface area contributed by atoms with Crippen molar-refractivity contribution in [1.82, 2.24) is 4.90 Å². The third kappa shape index (κ3) is 6.97. The Balaban J connectivity index is 2.34. The summed E-state index contributed by atoms with van der Waals surface area (Å²) < 4.78 is 11.6. The van der Waals surface area contributed by atoms with Crippen molar-refractivity contribution in [2.24, 2.45) is 16.7 Å². The highest BCUT2D eigenvalue weighted by Crippen LogP contribution is 2.23. The molecule has 5 heteroatoms. The molecule has 1 heterocycles. The van der Waals surface area contributed by atoms with Crippen LogP contribution in [0.2, 0.25) is 0 Å². The molecule has 1 aliphatic rings. The first-order valence-corrected chi connectivity index (χ1v) is 8.38. The van der Waals surface area contributed by atoms with Crippen LogP contribution >= 0.6 is 0 Å². The number of amides is 2. The second kappa shape index (κ2) is 8.58. The lowest BCUT2D eigenvalue weighted by atomic mass is 9.93. The largest absolute Gasteiger partial charge is 0.380 e. The summed E-state index contributed by atoms with van der Waals surface area (Å²) in [4.78, 5) is 24.6. The minimum absolute atomic E-state index is 0.0994. The molecule has 0 radical (unpaired) electrons. The van der Waals surface area contributed by atoms with Gasteiger partial charge >= 0.3 is 0 Å². The van der Waals surface area contributed by atoms with Gasteiger partial charge < -0.3 is 9.47 Å². The van der Waals surface area contributed by atoms with Gasteiger partial charge in [0.1, 0.15) is 0 Å². The molecule has 0 N–H and O–H groups in total. The zero-order valence-electron chi connectivity index (χ0n) is 15.6. The lowest BCUT2D eigenvalue weighted by molar-refractivity contribution is -0.139. The SMILES string of the molecule is C=CC(C)COCC(C)(C)COCC(C)(C)CN1C(=O)C=CC1=O. The summed E-state index contributed by atoms with van der Waals surface area (Å²) in [7, 11) is 0. The molecule has 5 nitrogen and oxygen atoms in total. The third-order valence-corrected chi connectivity index (χ3v) is 3.75. The van der Waals surface area contributed by atoms with Gasteiger partial charge in [-0.2, -0.15) is 0 Å². The van der Waals surface area contributed by atoms with E-state index in [0.717, 1.165) is 0 Å². The van der Waals surface area contributed by atoms with E-state index in [9.17, 15) is 9.59 Å². The highest BCUT2D eigenvalue weighted by molar-refractivity contribution is 6.12. The number of imide groups is 1. The van der Waals surface area contributed by atoms with Crippen molar-refractivity contribution in [3.8, 4) is 0 Å². The molecule has 1 rings (SSSR count). The van der Waals surface area contributed by atoms with Crippen LogP contribution in [0.1, 0.15) is 34.6 Å². The maximum absolute atomic E-state index is 11.6. The molecule has 0 aromatic heterocycles. The Labute approximate surface area is 145 Å². The first kappa shape index (κ1) is 20.6. The van der Waals surface area contributed by atoms with E-state index in [2.05, 4.69) is 27.4 Å². The lowest BCUT2D eigenvalue weighted by Gasteiger charge is -2.31. The van der Waals surface area contributed by atoms with E-state index in [4.69, 9.17) is 9.47 Å². The average Bonchev–Trinajstić information content (AvgIpc) is 2.77. The summed E-state index contributed by atoms with van der Waals surface area (Å²) in [6, 6.07) is 0. The zero-order chi connectivity index (χ0) is 18.4. The first-order chi connectivity index (χ1) is 11.1. The Bertz CT molecular complexity index is 476. The van der Waals surface area contributed by atoms with Crippen LogP contribution in [0.5, 0.6) is 0 Å². The topological polar surface area (TPSA) is 55.8 Å². The van der Waals surface area contributed by atoms with Gasteiger partial charge in [0.25, 0.3) is 11.8 Å². The molecule has 2 amide bonds. The van der Waals surface area contributed by atoms with E-state index in [1.807, 2.05) is 19.9 Å². The van der Waals surface area contributed by atoms with Crippen LogP contribution in [0.4, 0.5) is 0 Å². The molecule has 1 atom stereocenters. The fourth-order valence-electron chi connectivity index (χ4n) is 2.30. The number of carbonyl (C=O) groups is 2. The van der Waals surface area contributed by atoms with Gasteiger partial charge in [0, 0.05) is 29.5 Å². The molecule has 0 fully saturated rings. The van der Waals surface area contributed by atoms with Gasteiger partial charge in [-0.15, -0.1) is 6.58 Å². The van der Waals surface area contributed by atoms with Gasteiger partial charge in [-0.25, -0.2) is 0 Å². The highest BCUT2D eigenvalue weighted by Gasteiger charge is 2.31. The van der Waals surface area contributed by atoms with Crippen molar-refractivity contribution in [3.05, 3.63) is 24.8 Å².